The molecule has 0 aliphatic carbocycles. The van der Waals surface area contributed by atoms with E-state index in [1.165, 1.54) is 23.4 Å². The van der Waals surface area contributed by atoms with E-state index < -0.39 is 42.0 Å². The number of methoxy groups -OCH3 is 1. The van der Waals surface area contributed by atoms with Crippen molar-refractivity contribution in [3.05, 3.63) is 46.7 Å². The fraction of sp³-hybridized carbons (Fsp3) is 0.464. The van der Waals surface area contributed by atoms with Gasteiger partial charge in [0.25, 0.3) is 11.8 Å². The summed E-state index contributed by atoms with van der Waals surface area (Å²) >= 11 is 0.976. The van der Waals surface area contributed by atoms with Crippen molar-refractivity contribution in [3.63, 3.8) is 0 Å². The monoisotopic (exact) mass is 640 g/mol. The van der Waals surface area contributed by atoms with Crippen LogP contribution < -0.4 is 15.0 Å². The molecule has 44 heavy (non-hydrogen) atoms. The summed E-state index contributed by atoms with van der Waals surface area (Å²) in [5.41, 5.74) is -0.857. The van der Waals surface area contributed by atoms with Gasteiger partial charge in [0.05, 0.1) is 43.2 Å². The molecule has 4 heterocycles. The van der Waals surface area contributed by atoms with Crippen molar-refractivity contribution < 1.29 is 41.4 Å². The average Bonchev–Trinajstić information content (AvgIpc) is 3.37. The second-order valence-electron chi connectivity index (χ2n) is 10.7. The topological polar surface area (TPSA) is 121 Å². The van der Waals surface area contributed by atoms with Crippen molar-refractivity contribution >= 4 is 34.2 Å². The molecule has 236 valence electrons. The number of carboxylic acid groups (broad SMARTS) is 1. The van der Waals surface area contributed by atoms with Crippen molar-refractivity contribution in [1.82, 2.24) is 19.9 Å². The van der Waals surface area contributed by atoms with Gasteiger partial charge in [0, 0.05) is 36.5 Å². The number of nitrogens with zero attached hydrogens (tertiary/aromatic N) is 5. The van der Waals surface area contributed by atoms with Crippen LogP contribution in [0.3, 0.4) is 0 Å². The van der Waals surface area contributed by atoms with Gasteiger partial charge >= 0.3 is 12.1 Å². The van der Waals surface area contributed by atoms with Gasteiger partial charge < -0.3 is 14.7 Å². The van der Waals surface area contributed by atoms with Crippen LogP contribution in [0.25, 0.3) is 11.3 Å². The van der Waals surface area contributed by atoms with Crippen LogP contribution in [0, 0.1) is 5.92 Å². The number of benzene rings is 1. The Morgan fingerprint density at radius 3 is 2.52 bits per heavy atom. The summed E-state index contributed by atoms with van der Waals surface area (Å²) in [4.78, 5) is 40.9. The van der Waals surface area contributed by atoms with Gasteiger partial charge in [-0.2, -0.15) is 13.2 Å². The number of anilines is 2. The van der Waals surface area contributed by atoms with E-state index in [0.29, 0.717) is 43.2 Å². The summed E-state index contributed by atoms with van der Waals surface area (Å²) in [7, 11) is 1.12. The second kappa shape index (κ2) is 12.6. The number of carboxylic acids is 1. The molecular weight excluding hydrogens is 611 g/mol. The van der Waals surface area contributed by atoms with E-state index in [9.17, 15) is 36.6 Å². The second-order valence-corrected chi connectivity index (χ2v) is 11.8. The normalized spacial score (nSPS) is 17.8. The maximum Gasteiger partial charge on any atom is 0.419 e. The van der Waals surface area contributed by atoms with Crippen LogP contribution >= 0.6 is 11.3 Å². The third-order valence-electron chi connectivity index (χ3n) is 7.57. The summed E-state index contributed by atoms with van der Waals surface area (Å²) in [5, 5.41) is 11.8. The lowest BCUT2D eigenvalue weighted by Gasteiger charge is -2.32. The molecule has 0 spiro atoms. The summed E-state index contributed by atoms with van der Waals surface area (Å²) < 4.78 is 74.4. The fourth-order valence-corrected chi connectivity index (χ4v) is 6.34. The van der Waals surface area contributed by atoms with E-state index in [4.69, 9.17) is 4.74 Å². The van der Waals surface area contributed by atoms with Crippen LogP contribution in [0.15, 0.2) is 30.6 Å². The summed E-state index contributed by atoms with van der Waals surface area (Å²) in [6.45, 7) is 0.830. The number of aromatic nitrogens is 3. The minimum Gasteiger partial charge on any atom is -0.496 e. The number of thiazole rings is 1. The number of carbonyl (C=O) groups is 2. The van der Waals surface area contributed by atoms with Crippen LogP contribution in [0.4, 0.5) is 32.9 Å². The number of amides is 1. The molecule has 2 N–H and O–H groups in total. The van der Waals surface area contributed by atoms with Gasteiger partial charge in [0.1, 0.15) is 17.3 Å². The molecule has 16 heteroatoms. The molecule has 0 saturated carbocycles. The molecule has 10 nitrogen and oxygen atoms in total. The molecule has 0 bridgehead atoms. The minimum absolute atomic E-state index is 0.00108. The number of rotatable bonds is 8. The maximum atomic E-state index is 14.1. The zero-order chi connectivity index (χ0) is 31.6. The number of carbonyl (C=O) groups excluding carboxylic acids is 1. The van der Waals surface area contributed by atoms with Crippen LogP contribution in [-0.4, -0.2) is 76.0 Å². The lowest BCUT2D eigenvalue weighted by molar-refractivity contribution is -0.142. The van der Waals surface area contributed by atoms with Crippen molar-refractivity contribution in [2.45, 2.75) is 44.3 Å². The Morgan fingerprint density at radius 2 is 1.91 bits per heavy atom. The molecule has 2 saturated heterocycles. The molecule has 0 atom stereocenters. The van der Waals surface area contributed by atoms with Crippen molar-refractivity contribution in [2.24, 2.45) is 5.92 Å². The Bertz CT molecular complexity index is 1510. The standard InChI is InChI=1S/C28H29F5N6O4S/c1-43-20-4-3-17(11-18(20)28(31,32)33)23-21(14-38-8-2-7-27(29,30)15-38)44-26(36-23)37-24(40)19-12-35-22(13-34-19)39-9-5-16(6-10-39)25(41)42/h3-4,11-13,16H,2,5-10,14-15H2,1H3,(H,41,42)(H,36,37,40). The summed E-state index contributed by atoms with van der Waals surface area (Å²) in [6, 6.07) is 3.44. The van der Waals surface area contributed by atoms with E-state index >= 15 is 0 Å². The predicted octanol–water partition coefficient (Wildman–Crippen LogP) is 5.41. The highest BCUT2D eigenvalue weighted by molar-refractivity contribution is 7.16. The third kappa shape index (κ3) is 7.23. The molecular formula is C28H29F5N6O4S. The Hall–Kier alpha value is -3.92. The number of likely N-dealkylation sites (tertiary alicyclic amines) is 1. The largest absolute Gasteiger partial charge is 0.496 e. The first-order chi connectivity index (χ1) is 20.8. The van der Waals surface area contributed by atoms with Gasteiger partial charge in [-0.25, -0.2) is 23.7 Å². The van der Waals surface area contributed by atoms with E-state index in [-0.39, 0.29) is 47.2 Å². The Labute approximate surface area is 252 Å². The lowest BCUT2D eigenvalue weighted by Crippen LogP contribution is -2.41. The van der Waals surface area contributed by atoms with Crippen LogP contribution in [0.2, 0.25) is 0 Å². The van der Waals surface area contributed by atoms with E-state index in [0.717, 1.165) is 30.6 Å². The first-order valence-corrected chi connectivity index (χ1v) is 14.6. The zero-order valence-corrected chi connectivity index (χ0v) is 24.4. The number of hydrogen-bond donors (Lipinski definition) is 2. The quantitative estimate of drug-likeness (QED) is 0.312. The maximum absolute atomic E-state index is 14.1. The third-order valence-corrected chi connectivity index (χ3v) is 8.53. The van der Waals surface area contributed by atoms with Gasteiger partial charge in [-0.1, -0.05) is 11.3 Å². The smallest absolute Gasteiger partial charge is 0.419 e. The zero-order valence-electron chi connectivity index (χ0n) is 23.5. The molecule has 5 rings (SSSR count). The molecule has 0 radical (unpaired) electrons. The molecule has 3 aromatic rings. The Balaban J connectivity index is 1.38. The van der Waals surface area contributed by atoms with Crippen LogP contribution in [0.1, 0.15) is 46.6 Å². The molecule has 2 fully saturated rings. The first-order valence-electron chi connectivity index (χ1n) is 13.8. The highest BCUT2D eigenvalue weighted by atomic mass is 32.1. The van der Waals surface area contributed by atoms with Gasteiger partial charge in [-0.15, -0.1) is 0 Å². The molecule has 1 aromatic carbocycles. The van der Waals surface area contributed by atoms with Gasteiger partial charge in [0.15, 0.2) is 5.13 Å². The minimum atomic E-state index is -4.72. The molecule has 0 unspecified atom stereocenters. The van der Waals surface area contributed by atoms with Gasteiger partial charge in [-0.05, 0) is 44.0 Å². The molecule has 1 amide bonds. The van der Waals surface area contributed by atoms with Crippen molar-refractivity contribution in [3.8, 4) is 17.0 Å². The van der Waals surface area contributed by atoms with Crippen LogP contribution in [-0.2, 0) is 17.5 Å². The van der Waals surface area contributed by atoms with E-state index in [1.54, 1.807) is 0 Å². The van der Waals surface area contributed by atoms with Gasteiger partial charge in [-0.3, -0.25) is 19.8 Å². The highest BCUT2D eigenvalue weighted by Crippen LogP contribution is 2.41. The fourth-order valence-electron chi connectivity index (χ4n) is 5.32. The lowest BCUT2D eigenvalue weighted by atomic mass is 9.97. The van der Waals surface area contributed by atoms with E-state index in [2.05, 4.69) is 20.3 Å². The molecule has 2 aliphatic heterocycles. The summed E-state index contributed by atoms with van der Waals surface area (Å²) in [5.74, 6) is -4.70. The summed E-state index contributed by atoms with van der Waals surface area (Å²) in [6.07, 6.45) is -1.12. The Kier molecular flexibility index (Phi) is 9.02. The average molecular weight is 641 g/mol. The Morgan fingerprint density at radius 1 is 1.16 bits per heavy atom. The molecule has 2 aliphatic rings. The van der Waals surface area contributed by atoms with Gasteiger partial charge in [0.2, 0.25) is 0 Å². The number of nitrogens with one attached hydrogen (secondary N) is 1. The van der Waals surface area contributed by atoms with Crippen LogP contribution in [0.5, 0.6) is 5.75 Å². The highest BCUT2D eigenvalue weighted by Gasteiger charge is 2.37. The number of alkyl halides is 5. The number of halogens is 5. The number of ether oxygens (including phenoxy) is 1. The van der Waals surface area contributed by atoms with Crippen molar-refractivity contribution in [2.75, 3.05) is 43.5 Å². The number of hydrogen-bond acceptors (Lipinski definition) is 9. The number of aliphatic carboxylic acids is 1. The van der Waals surface area contributed by atoms with E-state index in [1.807, 2.05) is 4.90 Å². The molecule has 2 aromatic heterocycles. The number of piperidine rings is 2. The van der Waals surface area contributed by atoms with Crippen molar-refractivity contribution in [1.29, 1.82) is 0 Å². The SMILES string of the molecule is COc1ccc(-c2nc(NC(=O)c3cnc(N4CCC(C(=O)O)CC4)cn3)sc2CN2CCCC(F)(F)C2)cc1C(F)(F)F. The first kappa shape index (κ1) is 31.5. The predicted molar refractivity (Wildman–Crippen MR) is 151 cm³/mol.